The van der Waals surface area contributed by atoms with E-state index in [1.165, 1.54) is 30.5 Å². The van der Waals surface area contributed by atoms with Crippen LogP contribution in [0.4, 0.5) is 5.69 Å². The van der Waals surface area contributed by atoms with E-state index in [4.69, 9.17) is 10.2 Å². The molecule has 0 amide bonds. The molecule has 0 spiro atoms. The number of rotatable bonds is 5. The van der Waals surface area contributed by atoms with Gasteiger partial charge in [0, 0.05) is 0 Å². The Labute approximate surface area is 120 Å². The topological polar surface area (TPSA) is 99.0 Å². The molecule has 21 heavy (non-hydrogen) atoms. The summed E-state index contributed by atoms with van der Waals surface area (Å²) >= 11 is 0. The molecule has 6 nitrogen and oxygen atoms in total. The summed E-state index contributed by atoms with van der Waals surface area (Å²) in [5.74, 6) is -1.99. The molecule has 0 aliphatic rings. The lowest BCUT2D eigenvalue weighted by molar-refractivity contribution is 0.0686. The smallest absolute Gasteiger partial charge is 0.335 e. The van der Waals surface area contributed by atoms with Crippen LogP contribution >= 0.6 is 0 Å². The van der Waals surface area contributed by atoms with E-state index in [0.717, 1.165) is 0 Å². The van der Waals surface area contributed by atoms with Gasteiger partial charge in [0.2, 0.25) is 0 Å². The lowest BCUT2D eigenvalue weighted by Crippen LogP contribution is -1.98. The second-order valence-electron chi connectivity index (χ2n) is 4.18. The number of nitrogens with zero attached hydrogens (tertiary/aromatic N) is 1. The van der Waals surface area contributed by atoms with Gasteiger partial charge in [-0.2, -0.15) is 5.10 Å². The van der Waals surface area contributed by atoms with Crippen LogP contribution in [0.3, 0.4) is 0 Å². The molecule has 0 heterocycles. The van der Waals surface area contributed by atoms with Crippen molar-refractivity contribution in [2.45, 2.75) is 0 Å². The van der Waals surface area contributed by atoms with Gasteiger partial charge < -0.3 is 10.2 Å². The van der Waals surface area contributed by atoms with E-state index in [2.05, 4.69) is 10.5 Å². The third kappa shape index (κ3) is 3.90. The molecule has 0 atom stereocenters. The molecule has 2 rings (SSSR count). The third-order valence-corrected chi connectivity index (χ3v) is 2.67. The minimum absolute atomic E-state index is 0.185. The van der Waals surface area contributed by atoms with Gasteiger partial charge in [0.25, 0.3) is 0 Å². The van der Waals surface area contributed by atoms with E-state index in [9.17, 15) is 9.59 Å². The molecule has 2 aromatic carbocycles. The highest BCUT2D eigenvalue weighted by molar-refractivity contribution is 5.91. The summed E-state index contributed by atoms with van der Waals surface area (Å²) < 4.78 is 0. The summed E-state index contributed by atoms with van der Waals surface area (Å²) in [5, 5.41) is 21.6. The Balaban J connectivity index is 2.03. The molecule has 3 N–H and O–H groups in total. The number of anilines is 1. The molecule has 0 fully saturated rings. The van der Waals surface area contributed by atoms with Gasteiger partial charge in [0.15, 0.2) is 0 Å². The van der Waals surface area contributed by atoms with Crippen molar-refractivity contribution >= 4 is 23.8 Å². The molecular formula is C15H12N2O4. The van der Waals surface area contributed by atoms with Gasteiger partial charge in [-0.05, 0) is 42.0 Å². The maximum atomic E-state index is 10.8. The van der Waals surface area contributed by atoms with E-state index in [-0.39, 0.29) is 11.1 Å². The van der Waals surface area contributed by atoms with Gasteiger partial charge in [0.05, 0.1) is 23.0 Å². The lowest BCUT2D eigenvalue weighted by Gasteiger charge is -2.01. The van der Waals surface area contributed by atoms with E-state index in [0.29, 0.717) is 11.3 Å². The lowest BCUT2D eigenvalue weighted by atomic mass is 10.1. The molecule has 0 radical (unpaired) electrons. The van der Waals surface area contributed by atoms with E-state index >= 15 is 0 Å². The minimum atomic E-state index is -0.998. The standard InChI is InChI=1S/C15H12N2O4/c18-14(19)11-4-6-13(7-5-11)17-16-9-10-2-1-3-12(8-10)15(20)21/h1-9,17H,(H,18,19)(H,20,21)/b16-9+. The van der Waals surface area contributed by atoms with Gasteiger partial charge >= 0.3 is 11.9 Å². The third-order valence-electron chi connectivity index (χ3n) is 2.67. The highest BCUT2D eigenvalue weighted by Crippen LogP contribution is 2.09. The van der Waals surface area contributed by atoms with Gasteiger partial charge in [-0.3, -0.25) is 5.43 Å². The zero-order valence-electron chi connectivity index (χ0n) is 10.9. The maximum absolute atomic E-state index is 10.8. The Morgan fingerprint density at radius 3 is 2.24 bits per heavy atom. The SMILES string of the molecule is O=C(O)c1ccc(N/N=C/c2cccc(C(=O)O)c2)cc1. The van der Waals surface area contributed by atoms with Crippen LogP contribution in [0.2, 0.25) is 0 Å². The van der Waals surface area contributed by atoms with Crippen LogP contribution in [0, 0.1) is 0 Å². The first-order valence-electron chi connectivity index (χ1n) is 6.02. The summed E-state index contributed by atoms with van der Waals surface area (Å²) in [6.45, 7) is 0. The molecule has 0 aromatic heterocycles. The normalized spacial score (nSPS) is 10.5. The fraction of sp³-hybridized carbons (Fsp3) is 0. The monoisotopic (exact) mass is 284 g/mol. The number of nitrogens with one attached hydrogen (secondary N) is 1. The number of aromatic carboxylic acids is 2. The minimum Gasteiger partial charge on any atom is -0.478 e. The molecule has 6 heteroatoms. The highest BCUT2D eigenvalue weighted by atomic mass is 16.4. The van der Waals surface area contributed by atoms with Crippen LogP contribution < -0.4 is 5.43 Å². The first kappa shape index (κ1) is 14.3. The summed E-state index contributed by atoms with van der Waals surface area (Å²) in [6, 6.07) is 12.5. The molecule has 0 aliphatic heterocycles. The Hall–Kier alpha value is -3.15. The van der Waals surface area contributed by atoms with Crippen molar-refractivity contribution < 1.29 is 19.8 Å². The molecule has 0 saturated carbocycles. The first-order valence-corrected chi connectivity index (χ1v) is 6.02. The van der Waals surface area contributed by atoms with Crippen molar-refractivity contribution in [3.63, 3.8) is 0 Å². The fourth-order valence-corrected chi connectivity index (χ4v) is 1.62. The fourth-order valence-electron chi connectivity index (χ4n) is 1.62. The molecule has 2 aromatic rings. The Morgan fingerprint density at radius 2 is 1.62 bits per heavy atom. The molecule has 0 bridgehead atoms. The molecule has 0 unspecified atom stereocenters. The van der Waals surface area contributed by atoms with Crippen LogP contribution in [0.25, 0.3) is 0 Å². The maximum Gasteiger partial charge on any atom is 0.335 e. The van der Waals surface area contributed by atoms with E-state index < -0.39 is 11.9 Å². The van der Waals surface area contributed by atoms with Crippen molar-refractivity contribution in [3.05, 3.63) is 65.2 Å². The van der Waals surface area contributed by atoms with Crippen LogP contribution in [0.1, 0.15) is 26.3 Å². The average molecular weight is 284 g/mol. The van der Waals surface area contributed by atoms with Crippen molar-refractivity contribution in [2.24, 2.45) is 5.10 Å². The zero-order valence-corrected chi connectivity index (χ0v) is 10.9. The number of carboxylic acids is 2. The molecular weight excluding hydrogens is 272 g/mol. The quantitative estimate of drug-likeness (QED) is 0.578. The van der Waals surface area contributed by atoms with E-state index in [1.54, 1.807) is 24.3 Å². The van der Waals surface area contributed by atoms with E-state index in [1.807, 2.05) is 0 Å². The second-order valence-corrected chi connectivity index (χ2v) is 4.18. The van der Waals surface area contributed by atoms with Gasteiger partial charge in [0.1, 0.15) is 0 Å². The second kappa shape index (κ2) is 6.33. The molecule has 106 valence electrons. The number of hydrogen-bond acceptors (Lipinski definition) is 4. The van der Waals surface area contributed by atoms with Crippen molar-refractivity contribution in [2.75, 3.05) is 5.43 Å². The van der Waals surface area contributed by atoms with Crippen molar-refractivity contribution in [1.29, 1.82) is 0 Å². The zero-order chi connectivity index (χ0) is 15.2. The van der Waals surface area contributed by atoms with Gasteiger partial charge in [-0.1, -0.05) is 12.1 Å². The largest absolute Gasteiger partial charge is 0.478 e. The van der Waals surface area contributed by atoms with Crippen LogP contribution in [-0.2, 0) is 0 Å². The number of hydrogen-bond donors (Lipinski definition) is 3. The summed E-state index contributed by atoms with van der Waals surface area (Å²) in [6.07, 6.45) is 1.48. The van der Waals surface area contributed by atoms with Crippen molar-refractivity contribution in [3.8, 4) is 0 Å². The Kier molecular flexibility index (Phi) is 4.30. The predicted molar refractivity (Wildman–Crippen MR) is 78.0 cm³/mol. The number of hydrazone groups is 1. The number of carboxylic acid groups (broad SMARTS) is 2. The van der Waals surface area contributed by atoms with Gasteiger partial charge in [-0.15, -0.1) is 0 Å². The molecule has 0 saturated heterocycles. The Morgan fingerprint density at radius 1 is 0.952 bits per heavy atom. The average Bonchev–Trinajstić information content (AvgIpc) is 2.48. The Bertz CT molecular complexity index is 693. The highest BCUT2D eigenvalue weighted by Gasteiger charge is 2.02. The summed E-state index contributed by atoms with van der Waals surface area (Å²) in [7, 11) is 0. The van der Waals surface area contributed by atoms with Crippen LogP contribution in [-0.4, -0.2) is 28.4 Å². The summed E-state index contributed by atoms with van der Waals surface area (Å²) in [4.78, 5) is 21.5. The van der Waals surface area contributed by atoms with Crippen molar-refractivity contribution in [1.82, 2.24) is 0 Å². The number of carbonyl (C=O) groups is 2. The van der Waals surface area contributed by atoms with Crippen LogP contribution in [0.15, 0.2) is 53.6 Å². The van der Waals surface area contributed by atoms with Crippen LogP contribution in [0.5, 0.6) is 0 Å². The predicted octanol–water partition coefficient (Wildman–Crippen LogP) is 2.53. The summed E-state index contributed by atoms with van der Waals surface area (Å²) in [5.41, 5.74) is 4.39. The van der Waals surface area contributed by atoms with Gasteiger partial charge in [-0.25, -0.2) is 9.59 Å². The molecule has 0 aliphatic carbocycles. The number of benzene rings is 2. The first-order chi connectivity index (χ1) is 10.1.